The Bertz CT molecular complexity index is 565. The summed E-state index contributed by atoms with van der Waals surface area (Å²) in [5.74, 6) is 0.0369. The molecule has 1 heterocycles. The number of nitrogen functional groups attached to an aromatic ring is 1. The minimum absolute atomic E-state index is 0.0369. The molecule has 5 heteroatoms. The third kappa shape index (κ3) is 4.06. The highest BCUT2D eigenvalue weighted by Crippen LogP contribution is 2.12. The molecule has 2 aromatic rings. The molecule has 3 N–H and O–H groups in total. The van der Waals surface area contributed by atoms with Crippen molar-refractivity contribution >= 4 is 22.4 Å². The second-order valence-corrected chi connectivity index (χ2v) is 5.27. The number of nitrogens with zero attached hydrogens (tertiary/aromatic N) is 1. The first kappa shape index (κ1) is 13.5. The van der Waals surface area contributed by atoms with Crippen LogP contribution in [0.5, 0.6) is 0 Å². The van der Waals surface area contributed by atoms with Crippen molar-refractivity contribution in [2.75, 3.05) is 5.73 Å². The van der Waals surface area contributed by atoms with Gasteiger partial charge in [-0.1, -0.05) is 24.3 Å². The molecule has 0 radical (unpaired) electrons. The van der Waals surface area contributed by atoms with Crippen molar-refractivity contribution in [2.45, 2.75) is 26.3 Å². The van der Waals surface area contributed by atoms with Crippen LogP contribution in [0, 0.1) is 6.92 Å². The van der Waals surface area contributed by atoms with Gasteiger partial charge in [0.1, 0.15) is 0 Å². The summed E-state index contributed by atoms with van der Waals surface area (Å²) in [6, 6.07) is 8.04. The lowest BCUT2D eigenvalue weighted by molar-refractivity contribution is -0.121. The highest BCUT2D eigenvalue weighted by molar-refractivity contribution is 7.13. The van der Waals surface area contributed by atoms with E-state index in [1.165, 1.54) is 16.9 Å². The van der Waals surface area contributed by atoms with Gasteiger partial charge in [0.2, 0.25) is 5.91 Å². The van der Waals surface area contributed by atoms with Gasteiger partial charge in [-0.25, -0.2) is 4.98 Å². The van der Waals surface area contributed by atoms with Crippen LogP contribution in [0.1, 0.15) is 23.2 Å². The van der Waals surface area contributed by atoms with Crippen LogP contribution in [0.3, 0.4) is 0 Å². The minimum atomic E-state index is 0.0369. The summed E-state index contributed by atoms with van der Waals surface area (Å²) in [4.78, 5) is 15.9. The predicted octanol–water partition coefficient (Wildman–Crippen LogP) is 2.28. The van der Waals surface area contributed by atoms with E-state index in [9.17, 15) is 4.79 Å². The fourth-order valence-electron chi connectivity index (χ4n) is 1.77. The third-order valence-electron chi connectivity index (χ3n) is 2.91. The number of carbonyl (C=O) groups is 1. The normalized spacial score (nSPS) is 10.4. The van der Waals surface area contributed by atoms with Gasteiger partial charge in [0.25, 0.3) is 0 Å². The summed E-state index contributed by atoms with van der Waals surface area (Å²) < 4.78 is 0. The molecule has 0 aliphatic heterocycles. The Hall–Kier alpha value is -1.88. The van der Waals surface area contributed by atoms with Crippen LogP contribution >= 0.6 is 11.3 Å². The molecule has 0 aliphatic carbocycles. The Balaban J connectivity index is 1.77. The number of aryl methyl sites for hydroxylation is 2. The molecule has 100 valence electrons. The van der Waals surface area contributed by atoms with Crippen molar-refractivity contribution in [3.05, 3.63) is 46.5 Å². The molecule has 0 saturated heterocycles. The van der Waals surface area contributed by atoms with Crippen LogP contribution < -0.4 is 11.1 Å². The van der Waals surface area contributed by atoms with Crippen LogP contribution in [0.25, 0.3) is 0 Å². The summed E-state index contributed by atoms with van der Waals surface area (Å²) >= 11 is 1.40. The number of aromatic nitrogens is 1. The molecule has 2 rings (SSSR count). The molecule has 4 nitrogen and oxygen atoms in total. The number of carbonyl (C=O) groups excluding carboxylic acids is 1. The summed E-state index contributed by atoms with van der Waals surface area (Å²) in [5, 5.41) is 5.37. The quantitative estimate of drug-likeness (QED) is 0.879. The van der Waals surface area contributed by atoms with Crippen LogP contribution in [-0.2, 0) is 17.8 Å². The van der Waals surface area contributed by atoms with Gasteiger partial charge in [0.05, 0.1) is 5.69 Å². The lowest BCUT2D eigenvalue weighted by Gasteiger charge is -2.07. The van der Waals surface area contributed by atoms with E-state index in [2.05, 4.69) is 10.3 Å². The van der Waals surface area contributed by atoms with Crippen molar-refractivity contribution in [3.8, 4) is 0 Å². The zero-order valence-corrected chi connectivity index (χ0v) is 11.7. The molecule has 19 heavy (non-hydrogen) atoms. The van der Waals surface area contributed by atoms with Crippen molar-refractivity contribution < 1.29 is 4.79 Å². The first-order valence-electron chi connectivity index (χ1n) is 6.16. The Kier molecular flexibility index (Phi) is 4.52. The van der Waals surface area contributed by atoms with E-state index >= 15 is 0 Å². The molecule has 1 aromatic carbocycles. The first-order valence-corrected chi connectivity index (χ1v) is 7.04. The number of amides is 1. The van der Waals surface area contributed by atoms with Crippen molar-refractivity contribution in [3.63, 3.8) is 0 Å². The monoisotopic (exact) mass is 275 g/mol. The van der Waals surface area contributed by atoms with Gasteiger partial charge in [-0.2, -0.15) is 0 Å². The lowest BCUT2D eigenvalue weighted by atomic mass is 10.1. The number of benzene rings is 1. The van der Waals surface area contributed by atoms with Gasteiger partial charge in [-0.15, -0.1) is 11.3 Å². The van der Waals surface area contributed by atoms with E-state index in [0.29, 0.717) is 24.5 Å². The maximum absolute atomic E-state index is 11.7. The maximum atomic E-state index is 11.7. The summed E-state index contributed by atoms with van der Waals surface area (Å²) in [6.07, 6.45) is 1.07. The van der Waals surface area contributed by atoms with E-state index in [1.807, 2.05) is 36.6 Å². The highest BCUT2D eigenvalue weighted by Gasteiger charge is 2.05. The van der Waals surface area contributed by atoms with E-state index in [1.54, 1.807) is 0 Å². The van der Waals surface area contributed by atoms with Gasteiger partial charge in [-0.05, 0) is 24.5 Å². The van der Waals surface area contributed by atoms with Gasteiger partial charge in [0.15, 0.2) is 5.13 Å². The second-order valence-electron chi connectivity index (χ2n) is 4.38. The predicted molar refractivity (Wildman–Crippen MR) is 77.9 cm³/mol. The zero-order valence-electron chi connectivity index (χ0n) is 10.8. The van der Waals surface area contributed by atoms with Crippen LogP contribution in [0.4, 0.5) is 5.13 Å². The molecule has 0 aliphatic rings. The fraction of sp³-hybridized carbons (Fsp3) is 0.286. The Morgan fingerprint density at radius 1 is 1.42 bits per heavy atom. The van der Waals surface area contributed by atoms with E-state index in [-0.39, 0.29) is 5.91 Å². The summed E-state index contributed by atoms with van der Waals surface area (Å²) in [6.45, 7) is 2.62. The maximum Gasteiger partial charge on any atom is 0.220 e. The number of nitrogens with one attached hydrogen (secondary N) is 1. The van der Waals surface area contributed by atoms with E-state index in [4.69, 9.17) is 5.73 Å². The molecule has 1 aromatic heterocycles. The molecule has 0 unspecified atom stereocenters. The zero-order chi connectivity index (χ0) is 13.7. The fourth-order valence-corrected chi connectivity index (χ4v) is 2.37. The topological polar surface area (TPSA) is 68.0 Å². The van der Waals surface area contributed by atoms with E-state index < -0.39 is 0 Å². The van der Waals surface area contributed by atoms with Crippen molar-refractivity contribution in [1.82, 2.24) is 10.3 Å². The van der Waals surface area contributed by atoms with Crippen molar-refractivity contribution in [2.24, 2.45) is 0 Å². The number of thiazole rings is 1. The smallest absolute Gasteiger partial charge is 0.220 e. The summed E-state index contributed by atoms with van der Waals surface area (Å²) in [7, 11) is 0. The highest BCUT2D eigenvalue weighted by atomic mass is 32.1. The number of anilines is 1. The largest absolute Gasteiger partial charge is 0.375 e. The van der Waals surface area contributed by atoms with Gasteiger partial charge in [-0.3, -0.25) is 4.79 Å². The molecule has 0 fully saturated rings. The van der Waals surface area contributed by atoms with Gasteiger partial charge in [0, 0.05) is 18.3 Å². The summed E-state index contributed by atoms with van der Waals surface area (Å²) in [5.41, 5.74) is 8.76. The molecule has 0 atom stereocenters. The van der Waals surface area contributed by atoms with E-state index in [0.717, 1.165) is 11.3 Å². The second kappa shape index (κ2) is 6.33. The number of nitrogens with two attached hydrogens (primary N) is 1. The molecule has 0 bridgehead atoms. The Labute approximate surface area is 116 Å². The standard InChI is InChI=1S/C14H17N3OS/c1-10-4-2-3-5-11(10)8-16-13(18)7-6-12-9-19-14(15)17-12/h2-5,9H,6-8H2,1H3,(H2,15,17)(H,16,18). The average Bonchev–Trinajstić information content (AvgIpc) is 2.81. The molecular formula is C14H17N3OS. The van der Waals surface area contributed by atoms with Crippen LogP contribution in [0.15, 0.2) is 29.6 Å². The van der Waals surface area contributed by atoms with Crippen molar-refractivity contribution in [1.29, 1.82) is 0 Å². The Morgan fingerprint density at radius 2 is 2.21 bits per heavy atom. The van der Waals surface area contributed by atoms with Gasteiger partial charge < -0.3 is 11.1 Å². The number of rotatable bonds is 5. The molecule has 1 amide bonds. The molecule has 0 saturated carbocycles. The lowest BCUT2D eigenvalue weighted by Crippen LogP contribution is -2.23. The average molecular weight is 275 g/mol. The minimum Gasteiger partial charge on any atom is -0.375 e. The van der Waals surface area contributed by atoms with Gasteiger partial charge >= 0.3 is 0 Å². The number of hydrogen-bond acceptors (Lipinski definition) is 4. The van der Waals surface area contributed by atoms with Crippen LogP contribution in [-0.4, -0.2) is 10.9 Å². The first-order chi connectivity index (χ1) is 9.15. The third-order valence-corrected chi connectivity index (χ3v) is 3.64. The van der Waals surface area contributed by atoms with Crippen LogP contribution in [0.2, 0.25) is 0 Å². The SMILES string of the molecule is Cc1ccccc1CNC(=O)CCc1csc(N)n1. The molecular weight excluding hydrogens is 258 g/mol. The molecule has 0 spiro atoms. The number of hydrogen-bond donors (Lipinski definition) is 2. The Morgan fingerprint density at radius 3 is 2.89 bits per heavy atom.